The van der Waals surface area contributed by atoms with Crippen LogP contribution in [-0.2, 0) is 16.0 Å². The van der Waals surface area contributed by atoms with Gasteiger partial charge in [0.2, 0.25) is 5.91 Å². The molecule has 6 nitrogen and oxygen atoms in total. The smallest absolute Gasteiger partial charge is 0.326 e. The van der Waals surface area contributed by atoms with Crippen LogP contribution in [0.1, 0.15) is 29.4 Å². The number of nitrogens with one attached hydrogen (secondary N) is 1. The second-order valence-corrected chi connectivity index (χ2v) is 7.25. The number of rotatable bonds is 7. The number of hydrogen-bond acceptors (Lipinski definition) is 4. The lowest BCUT2D eigenvalue weighted by molar-refractivity contribution is -0.141. The van der Waals surface area contributed by atoms with Gasteiger partial charge in [0, 0.05) is 29.5 Å². The monoisotopic (exact) mass is 407 g/mol. The number of benzene rings is 2. The van der Waals surface area contributed by atoms with Gasteiger partial charge in [-0.1, -0.05) is 30.3 Å². The number of aliphatic carboxylic acids is 1. The molecular formula is C24H25NO5. The first kappa shape index (κ1) is 21.2. The van der Waals surface area contributed by atoms with Crippen LogP contribution in [0.2, 0.25) is 0 Å². The van der Waals surface area contributed by atoms with Crippen molar-refractivity contribution in [2.24, 2.45) is 0 Å². The highest BCUT2D eigenvalue weighted by molar-refractivity contribution is 5.99. The van der Waals surface area contributed by atoms with Gasteiger partial charge in [0.25, 0.3) is 0 Å². The van der Waals surface area contributed by atoms with Gasteiger partial charge in [-0.2, -0.15) is 0 Å². The Morgan fingerprint density at radius 1 is 1.20 bits per heavy atom. The average Bonchev–Trinajstić information content (AvgIpc) is 3.00. The lowest BCUT2D eigenvalue weighted by Gasteiger charge is -2.14. The minimum absolute atomic E-state index is 0.206. The molecule has 0 saturated carbocycles. The third-order valence-corrected chi connectivity index (χ3v) is 5.17. The molecule has 0 aliphatic rings. The van der Waals surface area contributed by atoms with Crippen LogP contribution in [0.4, 0.5) is 0 Å². The van der Waals surface area contributed by atoms with Gasteiger partial charge in [-0.3, -0.25) is 4.79 Å². The largest absolute Gasteiger partial charge is 0.496 e. The summed E-state index contributed by atoms with van der Waals surface area (Å²) in [6.07, 6.45) is 1.60. The van der Waals surface area contributed by atoms with Crippen molar-refractivity contribution in [1.82, 2.24) is 5.32 Å². The van der Waals surface area contributed by atoms with E-state index in [0.717, 1.165) is 33.4 Å². The van der Waals surface area contributed by atoms with E-state index in [1.54, 1.807) is 20.1 Å². The molecule has 1 atom stereocenters. The maximum atomic E-state index is 12.6. The van der Waals surface area contributed by atoms with Gasteiger partial charge in [0.05, 0.1) is 7.11 Å². The van der Waals surface area contributed by atoms with E-state index < -0.39 is 17.9 Å². The van der Waals surface area contributed by atoms with Crippen molar-refractivity contribution >= 4 is 28.4 Å². The van der Waals surface area contributed by atoms with Gasteiger partial charge in [-0.15, -0.1) is 0 Å². The Balaban J connectivity index is 1.85. The van der Waals surface area contributed by atoms with Gasteiger partial charge in [-0.05, 0) is 43.5 Å². The zero-order valence-corrected chi connectivity index (χ0v) is 17.5. The van der Waals surface area contributed by atoms with Crippen molar-refractivity contribution in [3.63, 3.8) is 0 Å². The number of ether oxygens (including phenoxy) is 1. The number of methoxy groups -OCH3 is 1. The SMILES string of the molecule is COc1cc2oc(C)c(C)c2cc1/C(C)=C/C(=O)NC(Cc1ccccc1)C(=O)O. The molecule has 1 amide bonds. The minimum atomic E-state index is -1.08. The Hall–Kier alpha value is -3.54. The lowest BCUT2D eigenvalue weighted by Crippen LogP contribution is -2.41. The molecule has 1 heterocycles. The predicted molar refractivity (Wildman–Crippen MR) is 116 cm³/mol. The van der Waals surface area contributed by atoms with E-state index in [9.17, 15) is 14.7 Å². The van der Waals surface area contributed by atoms with Crippen LogP contribution in [0, 0.1) is 13.8 Å². The van der Waals surface area contributed by atoms with Crippen LogP contribution in [0.5, 0.6) is 5.75 Å². The zero-order valence-electron chi connectivity index (χ0n) is 17.5. The molecule has 2 N–H and O–H groups in total. The molecule has 6 heteroatoms. The molecule has 1 unspecified atom stereocenters. The number of allylic oxidation sites excluding steroid dienone is 1. The van der Waals surface area contributed by atoms with Gasteiger partial charge in [0.1, 0.15) is 23.1 Å². The fourth-order valence-corrected chi connectivity index (χ4v) is 3.38. The summed E-state index contributed by atoms with van der Waals surface area (Å²) in [5.74, 6) is -0.148. The molecule has 3 aromatic rings. The molecule has 0 spiro atoms. The standard InChI is InChI=1S/C24H25NO5/c1-14(18-12-19-15(2)16(3)30-22(19)13-21(18)29-4)10-23(26)25-20(24(27)28)11-17-8-6-5-7-9-17/h5-10,12-13,20H,11H2,1-4H3,(H,25,26)(H,27,28)/b14-10+. The second kappa shape index (κ2) is 8.86. The van der Waals surface area contributed by atoms with Crippen LogP contribution in [0.15, 0.2) is 53.0 Å². The fourth-order valence-electron chi connectivity index (χ4n) is 3.38. The van der Waals surface area contributed by atoms with E-state index in [1.165, 1.54) is 6.08 Å². The number of fused-ring (bicyclic) bond motifs is 1. The number of hydrogen-bond donors (Lipinski definition) is 2. The zero-order chi connectivity index (χ0) is 21.8. The van der Waals surface area contributed by atoms with E-state index in [0.29, 0.717) is 11.3 Å². The molecule has 0 aliphatic carbocycles. The number of furan rings is 1. The van der Waals surface area contributed by atoms with Gasteiger partial charge < -0.3 is 19.6 Å². The van der Waals surface area contributed by atoms with Crippen molar-refractivity contribution in [3.05, 3.63) is 71.0 Å². The average molecular weight is 407 g/mol. The Morgan fingerprint density at radius 2 is 1.90 bits per heavy atom. The molecule has 156 valence electrons. The summed E-state index contributed by atoms with van der Waals surface area (Å²) in [5.41, 5.74) is 3.99. The van der Waals surface area contributed by atoms with Crippen molar-refractivity contribution in [2.45, 2.75) is 33.2 Å². The topological polar surface area (TPSA) is 88.8 Å². The molecule has 3 rings (SSSR count). The summed E-state index contributed by atoms with van der Waals surface area (Å²) in [6, 6.07) is 11.9. The summed E-state index contributed by atoms with van der Waals surface area (Å²) in [7, 11) is 1.56. The molecular weight excluding hydrogens is 382 g/mol. The molecule has 0 aliphatic heterocycles. The van der Waals surface area contributed by atoms with E-state index in [-0.39, 0.29) is 6.42 Å². The number of amides is 1. The van der Waals surface area contributed by atoms with E-state index in [2.05, 4.69) is 5.32 Å². The summed E-state index contributed by atoms with van der Waals surface area (Å²) >= 11 is 0. The fraction of sp³-hybridized carbons (Fsp3) is 0.250. The predicted octanol–water partition coefficient (Wildman–Crippen LogP) is 4.27. The number of carboxylic acid groups (broad SMARTS) is 1. The maximum Gasteiger partial charge on any atom is 0.326 e. The van der Waals surface area contributed by atoms with Crippen molar-refractivity contribution in [2.75, 3.05) is 7.11 Å². The lowest BCUT2D eigenvalue weighted by atomic mass is 10.0. The van der Waals surface area contributed by atoms with Crippen molar-refractivity contribution in [1.29, 1.82) is 0 Å². The Kier molecular flexibility index (Phi) is 6.26. The third kappa shape index (κ3) is 4.54. The number of carbonyl (C=O) groups excluding carboxylic acids is 1. The van der Waals surface area contributed by atoms with Gasteiger partial charge >= 0.3 is 5.97 Å². The highest BCUT2D eigenvalue weighted by atomic mass is 16.5. The molecule has 2 aromatic carbocycles. The van der Waals surface area contributed by atoms with Crippen molar-refractivity contribution in [3.8, 4) is 5.75 Å². The van der Waals surface area contributed by atoms with E-state index in [1.807, 2.05) is 50.2 Å². The maximum absolute atomic E-state index is 12.6. The third-order valence-electron chi connectivity index (χ3n) is 5.17. The first-order chi connectivity index (χ1) is 14.3. The summed E-state index contributed by atoms with van der Waals surface area (Å²) in [5, 5.41) is 13.0. The van der Waals surface area contributed by atoms with Crippen LogP contribution < -0.4 is 10.1 Å². The summed E-state index contributed by atoms with van der Waals surface area (Å²) in [4.78, 5) is 24.2. The highest BCUT2D eigenvalue weighted by Crippen LogP contribution is 2.34. The highest BCUT2D eigenvalue weighted by Gasteiger charge is 2.20. The normalized spacial score (nSPS) is 12.6. The van der Waals surface area contributed by atoms with Gasteiger partial charge in [0.15, 0.2) is 0 Å². The Bertz CT molecular complexity index is 1110. The first-order valence-electron chi connectivity index (χ1n) is 9.63. The van der Waals surface area contributed by atoms with Crippen LogP contribution >= 0.6 is 0 Å². The number of carbonyl (C=O) groups is 2. The number of carboxylic acids is 1. The van der Waals surface area contributed by atoms with E-state index in [4.69, 9.17) is 9.15 Å². The van der Waals surface area contributed by atoms with Crippen LogP contribution in [0.25, 0.3) is 16.5 Å². The number of aryl methyl sites for hydroxylation is 2. The van der Waals surface area contributed by atoms with Gasteiger partial charge in [-0.25, -0.2) is 4.79 Å². The second-order valence-electron chi connectivity index (χ2n) is 7.25. The molecule has 1 aromatic heterocycles. The summed E-state index contributed by atoms with van der Waals surface area (Å²) < 4.78 is 11.2. The molecule has 0 fully saturated rings. The molecule has 0 saturated heterocycles. The first-order valence-corrected chi connectivity index (χ1v) is 9.63. The molecule has 30 heavy (non-hydrogen) atoms. The molecule has 0 radical (unpaired) electrons. The quantitative estimate of drug-likeness (QED) is 0.571. The van der Waals surface area contributed by atoms with E-state index >= 15 is 0 Å². The Morgan fingerprint density at radius 3 is 2.53 bits per heavy atom. The Labute approximate surface area is 175 Å². The van der Waals surface area contributed by atoms with Crippen molar-refractivity contribution < 1.29 is 23.8 Å². The minimum Gasteiger partial charge on any atom is -0.496 e. The van der Waals surface area contributed by atoms with Crippen LogP contribution in [0.3, 0.4) is 0 Å². The van der Waals surface area contributed by atoms with Crippen LogP contribution in [-0.4, -0.2) is 30.1 Å². The summed E-state index contributed by atoms with van der Waals surface area (Å²) in [6.45, 7) is 5.67. The molecule has 0 bridgehead atoms.